The maximum Gasteiger partial charge on any atom is 0.264 e. The molecule has 0 saturated heterocycles. The molecule has 0 fully saturated rings. The van der Waals surface area contributed by atoms with Crippen LogP contribution < -0.4 is 14.8 Å². The fraction of sp³-hybridized carbons (Fsp3) is 0.444. The van der Waals surface area contributed by atoms with Crippen molar-refractivity contribution in [3.63, 3.8) is 0 Å². The Bertz CT molecular complexity index is 1360. The summed E-state index contributed by atoms with van der Waals surface area (Å²) >= 11 is 0. The number of carbonyl (C=O) groups is 3. The van der Waals surface area contributed by atoms with E-state index in [0.717, 1.165) is 17.6 Å². The molecule has 2 aromatic rings. The number of hydrogen-bond donors (Lipinski definition) is 3. The van der Waals surface area contributed by atoms with Gasteiger partial charge in [-0.2, -0.15) is 0 Å². The van der Waals surface area contributed by atoms with Gasteiger partial charge in [0.2, 0.25) is 5.91 Å². The average Bonchev–Trinajstić information content (AvgIpc) is 3.16. The van der Waals surface area contributed by atoms with Gasteiger partial charge in [0.1, 0.15) is 16.4 Å². The zero-order valence-electron chi connectivity index (χ0n) is 22.4. The first-order valence-corrected chi connectivity index (χ1v) is 14.6. The van der Waals surface area contributed by atoms with Crippen LogP contribution in [0.1, 0.15) is 77.1 Å². The van der Waals surface area contributed by atoms with E-state index in [0.29, 0.717) is 29.9 Å². The summed E-state index contributed by atoms with van der Waals surface area (Å²) in [6, 6.07) is 6.21. The molecule has 1 aliphatic heterocycles. The number of amides is 3. The molecule has 0 bridgehead atoms. The number of carbonyl (C=O) groups excluding carboxylic acids is 3. The number of imide groups is 1. The van der Waals surface area contributed by atoms with Crippen LogP contribution in [0.4, 0.5) is 5.69 Å². The number of benzene rings is 2. The van der Waals surface area contributed by atoms with Crippen molar-refractivity contribution in [2.24, 2.45) is 0 Å². The van der Waals surface area contributed by atoms with Gasteiger partial charge < -0.3 is 25.0 Å². The van der Waals surface area contributed by atoms with E-state index in [1.54, 1.807) is 19.1 Å². The lowest BCUT2D eigenvalue weighted by Gasteiger charge is -2.27. The second-order valence-corrected chi connectivity index (χ2v) is 11.4. The van der Waals surface area contributed by atoms with Crippen LogP contribution in [-0.4, -0.2) is 73.6 Å². The SMILES string of the molecule is CCCC[C@H](O)c1ccc(NC(=O)CO)c2c1C(=O)N([C@H](CS(C)(=O)=O)c1ccc(OC)c(OCC)c1)C2=O. The van der Waals surface area contributed by atoms with Crippen molar-refractivity contribution in [1.82, 2.24) is 4.90 Å². The Labute approximate surface area is 227 Å². The van der Waals surface area contributed by atoms with Crippen molar-refractivity contribution >= 4 is 33.2 Å². The van der Waals surface area contributed by atoms with Gasteiger partial charge >= 0.3 is 0 Å². The highest BCUT2D eigenvalue weighted by Gasteiger charge is 2.45. The molecule has 2 atom stereocenters. The van der Waals surface area contributed by atoms with E-state index >= 15 is 0 Å². The third-order valence-corrected chi connectivity index (χ3v) is 7.28. The Kier molecular flexibility index (Phi) is 9.70. The molecule has 0 unspecified atom stereocenters. The minimum absolute atomic E-state index is 0.0285. The maximum absolute atomic E-state index is 13.9. The number of fused-ring (bicyclic) bond motifs is 1. The van der Waals surface area contributed by atoms with E-state index in [4.69, 9.17) is 9.47 Å². The van der Waals surface area contributed by atoms with Gasteiger partial charge in [-0.1, -0.05) is 31.9 Å². The predicted octanol–water partition coefficient (Wildman–Crippen LogP) is 2.63. The molecule has 3 rings (SSSR count). The molecule has 0 radical (unpaired) electrons. The Balaban J connectivity index is 2.21. The minimum atomic E-state index is -3.73. The quantitative estimate of drug-likeness (QED) is 0.312. The van der Waals surface area contributed by atoms with Crippen LogP contribution in [0.15, 0.2) is 30.3 Å². The summed E-state index contributed by atoms with van der Waals surface area (Å²) in [6.07, 6.45) is 1.71. The summed E-state index contributed by atoms with van der Waals surface area (Å²) in [6.45, 7) is 3.14. The molecule has 3 N–H and O–H groups in total. The monoisotopic (exact) mass is 562 g/mol. The number of nitrogens with zero attached hydrogens (tertiary/aromatic N) is 1. The lowest BCUT2D eigenvalue weighted by molar-refractivity contribution is -0.118. The van der Waals surface area contributed by atoms with Crippen molar-refractivity contribution in [3.8, 4) is 11.5 Å². The maximum atomic E-state index is 13.9. The number of aliphatic hydroxyl groups excluding tert-OH is 2. The first-order valence-electron chi connectivity index (χ1n) is 12.6. The largest absolute Gasteiger partial charge is 0.493 e. The van der Waals surface area contributed by atoms with Crippen molar-refractivity contribution < 1.29 is 42.5 Å². The Morgan fingerprint density at radius 2 is 1.77 bits per heavy atom. The number of aliphatic hydroxyl groups is 2. The molecule has 0 saturated carbocycles. The van der Waals surface area contributed by atoms with Gasteiger partial charge in [0.05, 0.1) is 48.4 Å². The Morgan fingerprint density at radius 1 is 1.08 bits per heavy atom. The normalized spacial score (nSPS) is 14.7. The summed E-state index contributed by atoms with van der Waals surface area (Å²) in [5, 5.41) is 22.5. The summed E-state index contributed by atoms with van der Waals surface area (Å²) in [4.78, 5) is 40.6. The number of unbranched alkanes of at least 4 members (excludes halogenated alkanes) is 1. The number of sulfone groups is 1. The van der Waals surface area contributed by atoms with Gasteiger partial charge in [0, 0.05) is 6.26 Å². The third-order valence-electron chi connectivity index (χ3n) is 6.36. The number of hydrogen-bond acceptors (Lipinski definition) is 9. The van der Waals surface area contributed by atoms with Gasteiger partial charge in [-0.15, -0.1) is 0 Å². The van der Waals surface area contributed by atoms with Crippen molar-refractivity contribution in [2.75, 3.05) is 37.6 Å². The number of nitrogens with one attached hydrogen (secondary N) is 1. The highest BCUT2D eigenvalue weighted by molar-refractivity contribution is 7.90. The molecule has 3 amide bonds. The molecule has 11 nitrogen and oxygen atoms in total. The predicted molar refractivity (Wildman–Crippen MR) is 144 cm³/mol. The Morgan fingerprint density at radius 3 is 2.36 bits per heavy atom. The van der Waals surface area contributed by atoms with Gasteiger partial charge in [-0.25, -0.2) is 8.42 Å². The van der Waals surface area contributed by atoms with E-state index in [1.807, 2.05) is 6.92 Å². The van der Waals surface area contributed by atoms with Crippen molar-refractivity contribution in [2.45, 2.75) is 45.3 Å². The van der Waals surface area contributed by atoms with Crippen LogP contribution in [-0.2, 0) is 14.6 Å². The smallest absolute Gasteiger partial charge is 0.264 e. The highest BCUT2D eigenvalue weighted by atomic mass is 32.2. The van der Waals surface area contributed by atoms with E-state index in [2.05, 4.69) is 5.32 Å². The summed E-state index contributed by atoms with van der Waals surface area (Å²) < 4.78 is 35.9. The van der Waals surface area contributed by atoms with Gasteiger partial charge in [-0.05, 0) is 42.7 Å². The van der Waals surface area contributed by atoms with Gasteiger partial charge in [0.25, 0.3) is 11.8 Å². The summed E-state index contributed by atoms with van der Waals surface area (Å²) in [5.41, 5.74) is 0.194. The standard InChI is InChI=1S/C27H34N2O9S/c1-5-7-8-20(31)17-10-11-18(28-23(32)14-30)25-24(17)26(33)29(27(25)34)19(15-39(4,35)36)16-9-12-21(37-3)22(13-16)38-6-2/h9-13,19-20,30-31H,5-8,14-15H2,1-4H3,(H,28,32)/t19-,20+/m1/s1. The molecule has 2 aromatic carbocycles. The molecular weight excluding hydrogens is 528 g/mol. The van der Waals surface area contributed by atoms with Crippen LogP contribution in [0.2, 0.25) is 0 Å². The van der Waals surface area contributed by atoms with Crippen LogP contribution in [0.3, 0.4) is 0 Å². The number of rotatable bonds is 13. The lowest BCUT2D eigenvalue weighted by Crippen LogP contribution is -2.38. The first-order chi connectivity index (χ1) is 18.5. The zero-order chi connectivity index (χ0) is 28.9. The Hall–Kier alpha value is -3.48. The fourth-order valence-electron chi connectivity index (χ4n) is 4.59. The van der Waals surface area contributed by atoms with E-state index in [1.165, 1.54) is 25.3 Å². The van der Waals surface area contributed by atoms with Crippen LogP contribution in [0.5, 0.6) is 11.5 Å². The van der Waals surface area contributed by atoms with E-state index in [9.17, 15) is 33.0 Å². The van der Waals surface area contributed by atoms with Gasteiger partial charge in [-0.3, -0.25) is 19.3 Å². The lowest BCUT2D eigenvalue weighted by atomic mass is 9.94. The van der Waals surface area contributed by atoms with Crippen LogP contribution in [0, 0.1) is 0 Å². The van der Waals surface area contributed by atoms with E-state index in [-0.39, 0.29) is 29.0 Å². The molecular formula is C27H34N2O9S. The molecule has 12 heteroatoms. The number of ether oxygens (including phenoxy) is 2. The molecule has 0 aliphatic carbocycles. The molecule has 1 aliphatic rings. The zero-order valence-corrected chi connectivity index (χ0v) is 23.2. The second kappa shape index (κ2) is 12.6. The number of methoxy groups -OCH3 is 1. The number of anilines is 1. The van der Waals surface area contributed by atoms with Crippen LogP contribution in [0.25, 0.3) is 0 Å². The molecule has 212 valence electrons. The summed E-state index contributed by atoms with van der Waals surface area (Å²) in [5.74, 6) is -2.34. The first kappa shape index (κ1) is 30.1. The molecule has 39 heavy (non-hydrogen) atoms. The third kappa shape index (κ3) is 6.57. The van der Waals surface area contributed by atoms with Crippen LogP contribution >= 0.6 is 0 Å². The van der Waals surface area contributed by atoms with Crippen molar-refractivity contribution in [1.29, 1.82) is 0 Å². The van der Waals surface area contributed by atoms with Crippen molar-refractivity contribution in [3.05, 3.63) is 52.6 Å². The average molecular weight is 563 g/mol. The fourth-order valence-corrected chi connectivity index (χ4v) is 5.50. The van der Waals surface area contributed by atoms with E-state index < -0.39 is 52.1 Å². The second-order valence-electron chi connectivity index (χ2n) is 9.25. The highest BCUT2D eigenvalue weighted by Crippen LogP contribution is 2.41. The molecule has 0 spiro atoms. The topological polar surface area (TPSA) is 160 Å². The summed E-state index contributed by atoms with van der Waals surface area (Å²) in [7, 11) is -2.28. The van der Waals surface area contributed by atoms with Gasteiger partial charge in [0.15, 0.2) is 11.5 Å². The molecule has 1 heterocycles. The minimum Gasteiger partial charge on any atom is -0.493 e. The molecule has 0 aromatic heterocycles.